The van der Waals surface area contributed by atoms with Crippen LogP contribution in [0, 0.1) is 5.92 Å². The predicted octanol–water partition coefficient (Wildman–Crippen LogP) is 2.65. The normalized spacial score (nSPS) is 14.1. The van der Waals surface area contributed by atoms with Crippen LogP contribution in [0.4, 0.5) is 17.3 Å². The van der Waals surface area contributed by atoms with E-state index in [9.17, 15) is 13.2 Å². The van der Waals surface area contributed by atoms with Crippen LogP contribution in [0.25, 0.3) is 5.69 Å². The van der Waals surface area contributed by atoms with Gasteiger partial charge in [-0.25, -0.2) is 18.1 Å². The van der Waals surface area contributed by atoms with Crippen molar-refractivity contribution in [3.8, 4) is 5.69 Å². The number of hydrogen-bond donors (Lipinski definition) is 3. The molecule has 156 valence electrons. The highest BCUT2D eigenvalue weighted by Crippen LogP contribution is 2.28. The molecule has 0 bridgehead atoms. The number of carbonyl (C=O) groups is 1. The SMILES string of the molecule is NC(=O)c1cnn(-c2ccc(NS(=O)(=O)CC3CCC3)cc2)c1Nc1ccccn1. The summed E-state index contributed by atoms with van der Waals surface area (Å²) in [5, 5.41) is 7.32. The van der Waals surface area contributed by atoms with Crippen molar-refractivity contribution >= 4 is 33.3 Å². The molecule has 30 heavy (non-hydrogen) atoms. The Morgan fingerprint density at radius 3 is 2.53 bits per heavy atom. The van der Waals surface area contributed by atoms with E-state index in [4.69, 9.17) is 5.73 Å². The molecule has 0 unspecified atom stereocenters. The predicted molar refractivity (Wildman–Crippen MR) is 114 cm³/mol. The molecular weight excluding hydrogens is 404 g/mol. The van der Waals surface area contributed by atoms with E-state index in [0.717, 1.165) is 19.3 Å². The maximum atomic E-state index is 12.3. The number of anilines is 3. The molecule has 1 aliphatic rings. The van der Waals surface area contributed by atoms with Crippen molar-refractivity contribution in [1.29, 1.82) is 0 Å². The zero-order valence-corrected chi connectivity index (χ0v) is 17.0. The number of nitrogens with two attached hydrogens (primary N) is 1. The first-order valence-electron chi connectivity index (χ1n) is 9.58. The highest BCUT2D eigenvalue weighted by molar-refractivity contribution is 7.92. The van der Waals surface area contributed by atoms with Gasteiger partial charge in [-0.15, -0.1) is 0 Å². The van der Waals surface area contributed by atoms with Gasteiger partial charge in [0.15, 0.2) is 0 Å². The molecule has 4 rings (SSSR count). The van der Waals surface area contributed by atoms with E-state index in [-0.39, 0.29) is 17.2 Å². The first-order valence-corrected chi connectivity index (χ1v) is 11.2. The highest BCUT2D eigenvalue weighted by atomic mass is 32.2. The lowest BCUT2D eigenvalue weighted by Crippen LogP contribution is -2.26. The lowest BCUT2D eigenvalue weighted by Gasteiger charge is -2.25. The van der Waals surface area contributed by atoms with Crippen LogP contribution in [-0.4, -0.2) is 34.8 Å². The molecule has 0 radical (unpaired) electrons. The van der Waals surface area contributed by atoms with Gasteiger partial charge < -0.3 is 11.1 Å². The Kier molecular flexibility index (Phi) is 5.40. The Hall–Kier alpha value is -3.40. The molecule has 1 amide bonds. The fourth-order valence-corrected chi connectivity index (χ4v) is 4.80. The minimum Gasteiger partial charge on any atom is -0.365 e. The molecule has 0 atom stereocenters. The molecule has 4 N–H and O–H groups in total. The molecule has 1 aromatic carbocycles. The molecule has 0 saturated heterocycles. The summed E-state index contributed by atoms with van der Waals surface area (Å²) in [7, 11) is -3.38. The smallest absolute Gasteiger partial charge is 0.254 e. The summed E-state index contributed by atoms with van der Waals surface area (Å²) in [6.07, 6.45) is 6.03. The van der Waals surface area contributed by atoms with E-state index in [1.54, 1.807) is 42.6 Å². The van der Waals surface area contributed by atoms with Crippen LogP contribution in [0.1, 0.15) is 29.6 Å². The number of hydrogen-bond acceptors (Lipinski definition) is 6. The standard InChI is InChI=1S/C20H22N6O3S/c21-19(27)17-12-23-26(20(17)24-18-6-1-2-11-22-18)16-9-7-15(8-10-16)25-30(28,29)13-14-4-3-5-14/h1-2,6-12,14,25H,3-5,13H2,(H2,21,27)(H,22,24). The number of sulfonamides is 1. The maximum Gasteiger partial charge on any atom is 0.254 e. The molecular formula is C20H22N6O3S. The van der Waals surface area contributed by atoms with E-state index < -0.39 is 15.9 Å². The van der Waals surface area contributed by atoms with Gasteiger partial charge in [0.25, 0.3) is 5.91 Å². The van der Waals surface area contributed by atoms with E-state index in [0.29, 0.717) is 23.0 Å². The summed E-state index contributed by atoms with van der Waals surface area (Å²) in [4.78, 5) is 16.0. The first kappa shape index (κ1) is 19.9. The van der Waals surface area contributed by atoms with Crippen LogP contribution in [-0.2, 0) is 10.0 Å². The Morgan fingerprint density at radius 1 is 1.17 bits per heavy atom. The van der Waals surface area contributed by atoms with Gasteiger partial charge in [-0.2, -0.15) is 5.10 Å². The minimum absolute atomic E-state index is 0.147. The second kappa shape index (κ2) is 8.15. The van der Waals surface area contributed by atoms with Gasteiger partial charge in [-0.05, 0) is 55.2 Å². The second-order valence-corrected chi connectivity index (χ2v) is 9.02. The molecule has 2 heterocycles. The van der Waals surface area contributed by atoms with Crippen LogP contribution in [0.5, 0.6) is 0 Å². The summed E-state index contributed by atoms with van der Waals surface area (Å²) in [5.41, 5.74) is 6.79. The average molecular weight is 427 g/mol. The van der Waals surface area contributed by atoms with Crippen molar-refractivity contribution in [3.05, 3.63) is 60.4 Å². The third kappa shape index (κ3) is 4.43. The monoisotopic (exact) mass is 426 g/mol. The lowest BCUT2D eigenvalue weighted by molar-refractivity contribution is 0.100. The number of aromatic nitrogens is 3. The molecule has 3 aromatic rings. The second-order valence-electron chi connectivity index (χ2n) is 7.25. The Balaban J connectivity index is 1.57. The summed E-state index contributed by atoms with van der Waals surface area (Å²) in [6.45, 7) is 0. The van der Waals surface area contributed by atoms with Crippen molar-refractivity contribution in [3.63, 3.8) is 0 Å². The first-order chi connectivity index (χ1) is 14.4. The fraction of sp³-hybridized carbons (Fsp3) is 0.250. The number of benzene rings is 1. The number of nitrogens with one attached hydrogen (secondary N) is 2. The van der Waals surface area contributed by atoms with Crippen LogP contribution in [0.2, 0.25) is 0 Å². The highest BCUT2D eigenvalue weighted by Gasteiger charge is 2.24. The summed E-state index contributed by atoms with van der Waals surface area (Å²) in [6, 6.07) is 12.1. The van der Waals surface area contributed by atoms with Gasteiger partial charge in [0.1, 0.15) is 17.2 Å². The van der Waals surface area contributed by atoms with Gasteiger partial charge in [-0.3, -0.25) is 9.52 Å². The number of amides is 1. The fourth-order valence-electron chi connectivity index (χ4n) is 3.26. The van der Waals surface area contributed by atoms with Gasteiger partial charge in [-0.1, -0.05) is 12.5 Å². The largest absolute Gasteiger partial charge is 0.365 e. The number of primary amides is 1. The number of pyridine rings is 1. The molecule has 10 heteroatoms. The molecule has 1 saturated carbocycles. The molecule has 0 spiro atoms. The third-order valence-electron chi connectivity index (χ3n) is 5.01. The quantitative estimate of drug-likeness (QED) is 0.507. The molecule has 0 aliphatic heterocycles. The van der Waals surface area contributed by atoms with E-state index in [2.05, 4.69) is 20.1 Å². The van der Waals surface area contributed by atoms with Gasteiger partial charge in [0, 0.05) is 11.9 Å². The summed E-state index contributed by atoms with van der Waals surface area (Å²) < 4.78 is 28.7. The van der Waals surface area contributed by atoms with E-state index in [1.807, 2.05) is 6.07 Å². The Bertz CT molecular complexity index is 1140. The van der Waals surface area contributed by atoms with Crippen LogP contribution in [0.3, 0.4) is 0 Å². The molecule has 9 nitrogen and oxygen atoms in total. The van der Waals surface area contributed by atoms with Crippen molar-refractivity contribution in [2.75, 3.05) is 15.8 Å². The van der Waals surface area contributed by atoms with Crippen molar-refractivity contribution < 1.29 is 13.2 Å². The van der Waals surface area contributed by atoms with Crippen LogP contribution in [0.15, 0.2) is 54.9 Å². The molecule has 1 fully saturated rings. The van der Waals surface area contributed by atoms with E-state index >= 15 is 0 Å². The average Bonchev–Trinajstić information content (AvgIpc) is 3.10. The van der Waals surface area contributed by atoms with Gasteiger partial charge in [0.05, 0.1) is 17.6 Å². The minimum atomic E-state index is -3.38. The van der Waals surface area contributed by atoms with Crippen molar-refractivity contribution in [2.45, 2.75) is 19.3 Å². The van der Waals surface area contributed by atoms with Crippen molar-refractivity contribution in [1.82, 2.24) is 14.8 Å². The van der Waals surface area contributed by atoms with E-state index in [1.165, 1.54) is 10.9 Å². The maximum absolute atomic E-state index is 12.3. The number of carbonyl (C=O) groups excluding carboxylic acids is 1. The number of nitrogens with zero attached hydrogens (tertiary/aromatic N) is 3. The third-order valence-corrected chi connectivity index (χ3v) is 6.47. The molecule has 1 aliphatic carbocycles. The van der Waals surface area contributed by atoms with Crippen LogP contribution >= 0.6 is 0 Å². The van der Waals surface area contributed by atoms with Gasteiger partial charge in [0.2, 0.25) is 10.0 Å². The molecule has 2 aromatic heterocycles. The van der Waals surface area contributed by atoms with Gasteiger partial charge >= 0.3 is 0 Å². The number of rotatable bonds is 8. The Morgan fingerprint density at radius 2 is 1.93 bits per heavy atom. The van der Waals surface area contributed by atoms with Crippen molar-refractivity contribution in [2.24, 2.45) is 11.7 Å². The van der Waals surface area contributed by atoms with Crippen LogP contribution < -0.4 is 15.8 Å². The zero-order valence-electron chi connectivity index (χ0n) is 16.2. The Labute approximate surface area is 174 Å². The zero-order chi connectivity index (χ0) is 21.1. The summed E-state index contributed by atoms with van der Waals surface area (Å²) in [5.74, 6) is 0.675. The topological polar surface area (TPSA) is 132 Å². The summed E-state index contributed by atoms with van der Waals surface area (Å²) >= 11 is 0. The lowest BCUT2D eigenvalue weighted by atomic mass is 9.87.